The van der Waals surface area contributed by atoms with Crippen molar-refractivity contribution in [2.75, 3.05) is 26.3 Å². The molecule has 2 aliphatic rings. The first kappa shape index (κ1) is 46.9. The van der Waals surface area contributed by atoms with Crippen LogP contribution in [-0.2, 0) is 32.2 Å². The second kappa shape index (κ2) is 20.5. The van der Waals surface area contributed by atoms with Crippen LogP contribution in [0.15, 0.2) is 71.4 Å². The monoisotopic (exact) mass is 950 g/mol. The number of rotatable bonds is 17. The molecule has 1 saturated heterocycles. The zero-order valence-electron chi connectivity index (χ0n) is 38.0. The molecule has 66 heavy (non-hydrogen) atoms. The molecular formula is C48H55ClN10O5S2. The molecule has 3 N–H and O–H groups in total. The highest BCUT2D eigenvalue weighted by atomic mass is 35.5. The minimum Gasteiger partial charge on any atom is -0.391 e. The highest BCUT2D eigenvalue weighted by molar-refractivity contribution is 7.15. The number of aliphatic imine (C=N–C) groups is 1. The van der Waals surface area contributed by atoms with Gasteiger partial charge in [-0.15, -0.1) is 32.9 Å². The smallest absolute Gasteiger partial charge is 0.243 e. The molecule has 346 valence electrons. The molecule has 0 unspecified atom stereocenters. The number of aliphatic hydroxyl groups is 1. The van der Waals surface area contributed by atoms with E-state index in [1.165, 1.54) is 9.78 Å². The summed E-state index contributed by atoms with van der Waals surface area (Å²) in [4.78, 5) is 54.4. The van der Waals surface area contributed by atoms with Crippen molar-refractivity contribution in [1.82, 2.24) is 45.1 Å². The number of aromatic nitrogens is 6. The Labute approximate surface area is 397 Å². The summed E-state index contributed by atoms with van der Waals surface area (Å²) in [5.41, 5.74) is 9.40. The summed E-state index contributed by atoms with van der Waals surface area (Å²) in [6.45, 7) is 14.1. The van der Waals surface area contributed by atoms with Gasteiger partial charge in [0.05, 0.1) is 53.0 Å². The zero-order chi connectivity index (χ0) is 46.6. The van der Waals surface area contributed by atoms with Gasteiger partial charge in [0.1, 0.15) is 22.9 Å². The van der Waals surface area contributed by atoms with Gasteiger partial charge >= 0.3 is 0 Å². The van der Waals surface area contributed by atoms with Crippen LogP contribution in [0, 0.1) is 33.6 Å². The van der Waals surface area contributed by atoms with E-state index in [0.29, 0.717) is 50.1 Å². The molecule has 0 aliphatic carbocycles. The van der Waals surface area contributed by atoms with Crippen LogP contribution in [0.25, 0.3) is 15.4 Å². The van der Waals surface area contributed by atoms with Crippen LogP contribution >= 0.6 is 34.3 Å². The third-order valence-electron chi connectivity index (χ3n) is 12.2. The SMILES string of the molecule is Cc1ncsc1-c1ccc(CNC(=O)[C@@H]2C[C@@H](O)CN2C(=O)[C@@H](c2cnn(CCCOCCNC(=O)C[C@@H]3N=C(c4ccc(Cl)cc4)c4c(sc(C)c4C)-n4c(C)nnc43)c2)C(C)C)cc1. The van der Waals surface area contributed by atoms with Crippen molar-refractivity contribution in [3.8, 4) is 15.4 Å². The number of hydrogen-bond acceptors (Lipinski definition) is 12. The molecule has 18 heteroatoms. The number of nitrogens with zero attached hydrogens (tertiary/aromatic N) is 8. The molecule has 0 radical (unpaired) electrons. The number of amides is 3. The van der Waals surface area contributed by atoms with Crippen LogP contribution in [0.3, 0.4) is 0 Å². The van der Waals surface area contributed by atoms with E-state index in [1.54, 1.807) is 33.6 Å². The molecule has 0 saturated carbocycles. The fourth-order valence-electron chi connectivity index (χ4n) is 8.69. The van der Waals surface area contributed by atoms with Gasteiger partial charge in [0.15, 0.2) is 5.82 Å². The Morgan fingerprint density at radius 3 is 2.47 bits per heavy atom. The van der Waals surface area contributed by atoms with Crippen LogP contribution in [0.1, 0.15) is 95.1 Å². The van der Waals surface area contributed by atoms with Crippen molar-refractivity contribution in [1.29, 1.82) is 0 Å². The number of likely N-dealkylation sites (tertiary alicyclic amines) is 1. The molecule has 3 amide bonds. The third-order valence-corrected chi connectivity index (χ3v) is 14.6. The van der Waals surface area contributed by atoms with Crippen molar-refractivity contribution in [3.63, 3.8) is 0 Å². The van der Waals surface area contributed by atoms with Gasteiger partial charge in [0.2, 0.25) is 17.7 Å². The molecule has 1 fully saturated rings. The van der Waals surface area contributed by atoms with Crippen LogP contribution in [0.4, 0.5) is 0 Å². The average molecular weight is 952 g/mol. The Kier molecular flexibility index (Phi) is 14.6. The Bertz CT molecular complexity index is 2720. The van der Waals surface area contributed by atoms with Gasteiger partial charge < -0.3 is 25.4 Å². The molecule has 0 spiro atoms. The maximum absolute atomic E-state index is 14.2. The number of carbonyl (C=O) groups is 3. The van der Waals surface area contributed by atoms with Crippen molar-refractivity contribution in [3.05, 3.63) is 121 Å². The Morgan fingerprint density at radius 1 is 0.985 bits per heavy atom. The van der Waals surface area contributed by atoms with Crippen LogP contribution in [0.2, 0.25) is 5.02 Å². The predicted molar refractivity (Wildman–Crippen MR) is 256 cm³/mol. The summed E-state index contributed by atoms with van der Waals surface area (Å²) in [6, 6.07) is 14.2. The molecule has 4 aromatic heterocycles. The summed E-state index contributed by atoms with van der Waals surface area (Å²) in [5, 5.41) is 31.7. The number of nitrogens with one attached hydrogen (secondary N) is 2. The Balaban J connectivity index is 0.808. The van der Waals surface area contributed by atoms with Gasteiger partial charge in [-0.1, -0.05) is 61.8 Å². The topological polar surface area (TPSA) is 182 Å². The lowest BCUT2D eigenvalue weighted by Crippen LogP contribution is -2.48. The summed E-state index contributed by atoms with van der Waals surface area (Å²) in [6.07, 6.45) is 3.71. The van der Waals surface area contributed by atoms with Gasteiger partial charge in [-0.25, -0.2) is 4.98 Å². The van der Waals surface area contributed by atoms with E-state index in [1.807, 2.05) is 92.5 Å². The molecule has 8 rings (SSSR count). The van der Waals surface area contributed by atoms with Crippen molar-refractivity contribution in [2.45, 2.75) is 98.0 Å². The molecule has 2 aliphatic heterocycles. The first-order chi connectivity index (χ1) is 31.8. The molecule has 4 atom stereocenters. The van der Waals surface area contributed by atoms with Gasteiger partial charge in [-0.3, -0.25) is 28.6 Å². The summed E-state index contributed by atoms with van der Waals surface area (Å²) in [7, 11) is 0. The van der Waals surface area contributed by atoms with E-state index >= 15 is 0 Å². The van der Waals surface area contributed by atoms with E-state index < -0.39 is 24.1 Å². The molecule has 6 aromatic rings. The summed E-state index contributed by atoms with van der Waals surface area (Å²) < 4.78 is 9.71. The average Bonchev–Trinajstić information content (AvgIpc) is 4.14. The number of ether oxygens (including phenoxy) is 1. The molecule has 2 aromatic carbocycles. The van der Waals surface area contributed by atoms with Crippen molar-refractivity contribution >= 4 is 57.7 Å². The maximum atomic E-state index is 14.2. The largest absolute Gasteiger partial charge is 0.391 e. The Hall–Kier alpha value is -5.59. The normalized spacial score (nSPS) is 17.3. The maximum Gasteiger partial charge on any atom is 0.243 e. The van der Waals surface area contributed by atoms with E-state index in [0.717, 1.165) is 60.5 Å². The highest BCUT2D eigenvalue weighted by Gasteiger charge is 2.42. The number of thiophene rings is 1. The first-order valence-corrected chi connectivity index (χ1v) is 24.3. The second-order valence-corrected chi connectivity index (χ2v) is 19.8. The first-order valence-electron chi connectivity index (χ1n) is 22.3. The number of aliphatic hydroxyl groups excluding tert-OH is 1. The van der Waals surface area contributed by atoms with E-state index in [4.69, 9.17) is 21.3 Å². The van der Waals surface area contributed by atoms with E-state index in [-0.39, 0.29) is 43.0 Å². The molecule has 15 nitrogen and oxygen atoms in total. The number of benzene rings is 2. The van der Waals surface area contributed by atoms with Crippen LogP contribution < -0.4 is 10.6 Å². The number of aryl methyl sites for hydroxylation is 4. The van der Waals surface area contributed by atoms with Gasteiger partial charge in [0, 0.05) is 72.0 Å². The van der Waals surface area contributed by atoms with Gasteiger partial charge in [0.25, 0.3) is 0 Å². The third kappa shape index (κ3) is 10.2. The molecule has 6 heterocycles. The van der Waals surface area contributed by atoms with Crippen molar-refractivity contribution in [2.24, 2.45) is 10.9 Å². The fourth-order valence-corrected chi connectivity index (χ4v) is 10.8. The number of thiazole rings is 1. The van der Waals surface area contributed by atoms with Crippen LogP contribution in [0.5, 0.6) is 0 Å². The minimum absolute atomic E-state index is 0.0830. The second-order valence-electron chi connectivity index (χ2n) is 17.3. The number of halogens is 1. The standard InChI is InChI=1S/C48H55ClN10O5S2/c1-27(2)41(47(63)58-25-37(60)20-39(58)46(62)51-22-32-8-10-34(11-9-32)44-29(4)52-26-65-44)35-23-53-57(24-35)17-7-18-64-19-16-50-40(61)21-38-45-56-55-31(6)59(45)48-42(28(3)30(5)66-48)43(54-38)33-12-14-36(49)15-13-33/h8-15,23-24,26-27,37-39,41,60H,7,16-22,25H2,1-6H3,(H,50,61)(H,51,62)/t37-,38+,39+,41-/m1/s1. The fraction of sp³-hybridized carbons (Fsp3) is 0.417. The minimum atomic E-state index is -0.795. The number of carbonyl (C=O) groups excluding carboxylic acids is 3. The zero-order valence-corrected chi connectivity index (χ0v) is 40.3. The van der Waals surface area contributed by atoms with Crippen LogP contribution in [-0.4, -0.2) is 101 Å². The Morgan fingerprint density at radius 2 is 1.74 bits per heavy atom. The number of β-amino-alcohol motifs (C(OH)–C–C–N with tert-alkyl or cyclic N) is 1. The number of hydrogen-bond donors (Lipinski definition) is 3. The van der Waals surface area contributed by atoms with E-state index in [2.05, 4.69) is 44.8 Å². The lowest BCUT2D eigenvalue weighted by molar-refractivity contribution is -0.140. The molecule has 0 bridgehead atoms. The number of fused-ring (bicyclic) bond motifs is 3. The summed E-state index contributed by atoms with van der Waals surface area (Å²) in [5.74, 6) is 0.0499. The van der Waals surface area contributed by atoms with Gasteiger partial charge in [-0.05, 0) is 68.9 Å². The quantitative estimate of drug-likeness (QED) is 0.0807. The lowest BCUT2D eigenvalue weighted by atomic mass is 9.89. The lowest BCUT2D eigenvalue weighted by Gasteiger charge is -2.29. The molecular weight excluding hydrogens is 896 g/mol. The van der Waals surface area contributed by atoms with Gasteiger partial charge in [-0.2, -0.15) is 5.10 Å². The highest BCUT2D eigenvalue weighted by Crippen LogP contribution is 2.40. The summed E-state index contributed by atoms with van der Waals surface area (Å²) >= 11 is 9.50. The van der Waals surface area contributed by atoms with E-state index in [9.17, 15) is 19.5 Å². The van der Waals surface area contributed by atoms with Crippen molar-refractivity contribution < 1.29 is 24.2 Å². The predicted octanol–water partition coefficient (Wildman–Crippen LogP) is 7.06.